The van der Waals surface area contributed by atoms with Crippen LogP contribution in [0, 0.1) is 13.8 Å². The molecule has 0 fully saturated rings. The number of hydrogen-bond acceptors (Lipinski definition) is 2. The van der Waals surface area contributed by atoms with Crippen LogP contribution in [0.25, 0.3) is 16.9 Å². The van der Waals surface area contributed by atoms with Crippen LogP contribution in [0.4, 0.5) is 0 Å². The Morgan fingerprint density at radius 3 is 2.53 bits per heavy atom. The van der Waals surface area contributed by atoms with Crippen molar-refractivity contribution >= 4 is 11.2 Å². The number of benzene rings is 1. The zero-order chi connectivity index (χ0) is 11.8. The van der Waals surface area contributed by atoms with E-state index < -0.39 is 0 Å². The lowest BCUT2D eigenvalue weighted by Gasteiger charge is -2.05. The monoisotopic (exact) mass is 223 g/mol. The summed E-state index contributed by atoms with van der Waals surface area (Å²) in [4.78, 5) is 9.03. The average molecular weight is 223 g/mol. The molecule has 3 nitrogen and oxygen atoms in total. The summed E-state index contributed by atoms with van der Waals surface area (Å²) in [6.07, 6.45) is 1.83. The molecule has 0 amide bonds. The number of pyridine rings is 1. The molecule has 3 heteroatoms. The third-order valence-electron chi connectivity index (χ3n) is 2.93. The fraction of sp³-hybridized carbons (Fsp3) is 0.143. The number of aryl methyl sites for hydroxylation is 2. The van der Waals surface area contributed by atoms with Crippen LogP contribution in [-0.2, 0) is 0 Å². The number of nitrogens with zero attached hydrogens (tertiary/aromatic N) is 3. The van der Waals surface area contributed by atoms with E-state index in [0.717, 1.165) is 28.2 Å². The predicted molar refractivity (Wildman–Crippen MR) is 68.3 cm³/mol. The minimum absolute atomic E-state index is 0.925. The molecule has 0 spiro atoms. The molecule has 0 atom stereocenters. The highest BCUT2D eigenvalue weighted by Crippen LogP contribution is 2.21. The lowest BCUT2D eigenvalue weighted by Crippen LogP contribution is -1.97. The molecule has 0 N–H and O–H groups in total. The van der Waals surface area contributed by atoms with Gasteiger partial charge in [0.05, 0.1) is 0 Å². The van der Waals surface area contributed by atoms with Crippen molar-refractivity contribution in [1.29, 1.82) is 0 Å². The van der Waals surface area contributed by atoms with Gasteiger partial charge in [-0.3, -0.25) is 4.57 Å². The third-order valence-corrected chi connectivity index (χ3v) is 2.93. The van der Waals surface area contributed by atoms with E-state index in [2.05, 4.69) is 33.6 Å². The van der Waals surface area contributed by atoms with Gasteiger partial charge in [0.2, 0.25) is 0 Å². The van der Waals surface area contributed by atoms with Crippen molar-refractivity contribution in [3.8, 4) is 5.69 Å². The highest BCUT2D eigenvalue weighted by molar-refractivity contribution is 5.77. The molecule has 3 aromatic rings. The Morgan fingerprint density at radius 1 is 1.00 bits per heavy atom. The Kier molecular flexibility index (Phi) is 2.18. The zero-order valence-corrected chi connectivity index (χ0v) is 9.88. The summed E-state index contributed by atoms with van der Waals surface area (Å²) in [7, 11) is 0. The fourth-order valence-corrected chi connectivity index (χ4v) is 2.09. The van der Waals surface area contributed by atoms with E-state index >= 15 is 0 Å². The van der Waals surface area contributed by atoms with Gasteiger partial charge in [0.1, 0.15) is 11.3 Å². The summed E-state index contributed by atoms with van der Waals surface area (Å²) in [5, 5.41) is 0. The van der Waals surface area contributed by atoms with E-state index in [-0.39, 0.29) is 0 Å². The normalized spacial score (nSPS) is 10.9. The van der Waals surface area contributed by atoms with Gasteiger partial charge in [-0.2, -0.15) is 0 Å². The van der Waals surface area contributed by atoms with Gasteiger partial charge in [-0.05, 0) is 37.6 Å². The molecule has 17 heavy (non-hydrogen) atoms. The van der Waals surface area contributed by atoms with Crippen LogP contribution in [0.3, 0.4) is 0 Å². The summed E-state index contributed by atoms with van der Waals surface area (Å²) in [5.74, 6) is 0.966. The summed E-state index contributed by atoms with van der Waals surface area (Å²) in [6, 6.07) is 12.2. The largest absolute Gasteiger partial charge is 0.281 e. The Hall–Kier alpha value is -2.16. The summed E-state index contributed by atoms with van der Waals surface area (Å²) >= 11 is 0. The molecule has 2 heterocycles. The second kappa shape index (κ2) is 3.70. The van der Waals surface area contributed by atoms with Gasteiger partial charge in [-0.25, -0.2) is 9.97 Å². The third kappa shape index (κ3) is 1.51. The van der Waals surface area contributed by atoms with Crippen molar-refractivity contribution in [2.24, 2.45) is 0 Å². The number of fused-ring (bicyclic) bond motifs is 1. The van der Waals surface area contributed by atoms with Crippen LogP contribution in [0.1, 0.15) is 11.4 Å². The van der Waals surface area contributed by atoms with Crippen molar-refractivity contribution in [2.45, 2.75) is 13.8 Å². The van der Waals surface area contributed by atoms with Crippen LogP contribution in [0.15, 0.2) is 42.6 Å². The van der Waals surface area contributed by atoms with Gasteiger partial charge in [0.25, 0.3) is 0 Å². The van der Waals surface area contributed by atoms with Crippen molar-refractivity contribution in [3.05, 3.63) is 54.0 Å². The maximum atomic E-state index is 4.59. The Labute approximate surface area is 99.8 Å². The number of hydrogen-bond donors (Lipinski definition) is 0. The molecule has 0 bridgehead atoms. The van der Waals surface area contributed by atoms with Crippen molar-refractivity contribution < 1.29 is 0 Å². The van der Waals surface area contributed by atoms with E-state index in [0.29, 0.717) is 0 Å². The molecule has 2 aromatic heterocycles. The minimum atomic E-state index is 0.925. The molecule has 0 radical (unpaired) electrons. The first kappa shape index (κ1) is 10.0. The van der Waals surface area contributed by atoms with Crippen molar-refractivity contribution in [2.75, 3.05) is 0 Å². The van der Waals surface area contributed by atoms with Crippen LogP contribution >= 0.6 is 0 Å². The Morgan fingerprint density at radius 2 is 1.76 bits per heavy atom. The molecular weight excluding hydrogens is 210 g/mol. The molecule has 3 rings (SSSR count). The standard InChI is InChI=1S/C14H13N3/c1-10-8-9-15-14-13(10)16-11(2)17(14)12-6-4-3-5-7-12/h3-9H,1-2H3. The van der Waals surface area contributed by atoms with Gasteiger partial charge in [0, 0.05) is 11.9 Å². The topological polar surface area (TPSA) is 30.7 Å². The van der Waals surface area contributed by atoms with Gasteiger partial charge < -0.3 is 0 Å². The SMILES string of the molecule is Cc1ccnc2c1nc(C)n2-c1ccccc1. The van der Waals surface area contributed by atoms with Gasteiger partial charge >= 0.3 is 0 Å². The zero-order valence-electron chi connectivity index (χ0n) is 9.88. The molecule has 0 saturated carbocycles. The first-order valence-electron chi connectivity index (χ1n) is 5.63. The van der Waals surface area contributed by atoms with Gasteiger partial charge in [-0.15, -0.1) is 0 Å². The Balaban J connectivity index is 2.37. The first-order valence-corrected chi connectivity index (χ1v) is 5.63. The van der Waals surface area contributed by atoms with Crippen molar-refractivity contribution in [3.63, 3.8) is 0 Å². The average Bonchev–Trinajstić information content (AvgIpc) is 2.68. The van der Waals surface area contributed by atoms with Gasteiger partial charge in [-0.1, -0.05) is 18.2 Å². The fourth-order valence-electron chi connectivity index (χ4n) is 2.09. The molecule has 84 valence electrons. The molecule has 0 saturated heterocycles. The highest BCUT2D eigenvalue weighted by Gasteiger charge is 2.11. The quantitative estimate of drug-likeness (QED) is 0.634. The number of aromatic nitrogens is 3. The second-order valence-corrected chi connectivity index (χ2v) is 4.13. The number of imidazole rings is 1. The van der Waals surface area contributed by atoms with E-state index in [1.165, 1.54) is 0 Å². The molecule has 0 unspecified atom stereocenters. The number of para-hydroxylation sites is 1. The van der Waals surface area contributed by atoms with Crippen LogP contribution < -0.4 is 0 Å². The van der Waals surface area contributed by atoms with E-state index in [4.69, 9.17) is 0 Å². The second-order valence-electron chi connectivity index (χ2n) is 4.13. The van der Waals surface area contributed by atoms with Crippen molar-refractivity contribution in [1.82, 2.24) is 14.5 Å². The summed E-state index contributed by atoms with van der Waals surface area (Å²) in [5.41, 5.74) is 4.17. The van der Waals surface area contributed by atoms with Crippen LogP contribution in [0.5, 0.6) is 0 Å². The molecule has 1 aromatic carbocycles. The van der Waals surface area contributed by atoms with E-state index in [1.54, 1.807) is 0 Å². The Bertz CT molecular complexity index is 669. The summed E-state index contributed by atoms with van der Waals surface area (Å²) in [6.45, 7) is 4.07. The number of rotatable bonds is 1. The molecular formula is C14H13N3. The molecule has 0 aliphatic carbocycles. The maximum absolute atomic E-state index is 4.59. The maximum Gasteiger partial charge on any atom is 0.164 e. The lowest BCUT2D eigenvalue weighted by atomic mass is 10.2. The first-order chi connectivity index (χ1) is 8.27. The summed E-state index contributed by atoms with van der Waals surface area (Å²) < 4.78 is 2.09. The van der Waals surface area contributed by atoms with Crippen LogP contribution in [0.2, 0.25) is 0 Å². The lowest BCUT2D eigenvalue weighted by molar-refractivity contribution is 0.987. The van der Waals surface area contributed by atoms with Crippen LogP contribution in [-0.4, -0.2) is 14.5 Å². The van der Waals surface area contributed by atoms with E-state index in [1.807, 2.05) is 37.4 Å². The molecule has 0 aliphatic rings. The predicted octanol–water partition coefficient (Wildman–Crippen LogP) is 3.04. The minimum Gasteiger partial charge on any atom is -0.281 e. The smallest absolute Gasteiger partial charge is 0.164 e. The van der Waals surface area contributed by atoms with E-state index in [9.17, 15) is 0 Å². The molecule has 0 aliphatic heterocycles. The highest BCUT2D eigenvalue weighted by atomic mass is 15.1. The van der Waals surface area contributed by atoms with Gasteiger partial charge in [0.15, 0.2) is 5.65 Å².